The zero-order valence-electron chi connectivity index (χ0n) is 13.2. The van der Waals surface area contributed by atoms with Crippen molar-refractivity contribution in [1.82, 2.24) is 15.2 Å². The maximum absolute atomic E-state index is 4.57. The molecule has 0 aliphatic heterocycles. The van der Waals surface area contributed by atoms with Crippen molar-refractivity contribution in [2.75, 3.05) is 16.8 Å². The average Bonchev–Trinajstić information content (AvgIpc) is 2.44. The van der Waals surface area contributed by atoms with Crippen LogP contribution in [0.25, 0.3) is 0 Å². The smallest absolute Gasteiger partial charge is 0.245 e. The fourth-order valence-corrected chi connectivity index (χ4v) is 1.99. The highest BCUT2D eigenvalue weighted by molar-refractivity contribution is 5.41. The van der Waals surface area contributed by atoms with E-state index in [0.29, 0.717) is 5.95 Å². The third-order valence-electron chi connectivity index (χ3n) is 2.95. The lowest BCUT2D eigenvalue weighted by atomic mass is 10.1. The Morgan fingerprint density at radius 3 is 2.48 bits per heavy atom. The minimum Gasteiger partial charge on any atom is -0.351 e. The van der Waals surface area contributed by atoms with Crippen LogP contribution in [0.3, 0.4) is 0 Å². The fourth-order valence-electron chi connectivity index (χ4n) is 1.99. The summed E-state index contributed by atoms with van der Waals surface area (Å²) in [6.45, 7) is 10.0. The van der Waals surface area contributed by atoms with Gasteiger partial charge in [0, 0.05) is 18.6 Å². The van der Waals surface area contributed by atoms with E-state index in [1.165, 1.54) is 5.56 Å². The summed E-state index contributed by atoms with van der Waals surface area (Å²) in [6.07, 6.45) is 1.71. The van der Waals surface area contributed by atoms with Gasteiger partial charge in [-0.25, -0.2) is 0 Å². The molecule has 0 amide bonds. The minimum absolute atomic E-state index is 0.0865. The van der Waals surface area contributed by atoms with Crippen molar-refractivity contribution in [2.24, 2.45) is 0 Å². The zero-order chi connectivity index (χ0) is 15.3. The SMILES string of the molecule is CCN(Cc1ccccc1)c1cnnc(NC(C)(C)C)n1. The van der Waals surface area contributed by atoms with Crippen LogP contribution in [0.15, 0.2) is 36.5 Å². The predicted molar refractivity (Wildman–Crippen MR) is 86.4 cm³/mol. The minimum atomic E-state index is -0.0865. The number of nitrogens with one attached hydrogen (secondary N) is 1. The summed E-state index contributed by atoms with van der Waals surface area (Å²) in [5.41, 5.74) is 1.17. The van der Waals surface area contributed by atoms with Crippen LogP contribution in [0, 0.1) is 0 Å². The normalized spacial score (nSPS) is 11.2. The zero-order valence-corrected chi connectivity index (χ0v) is 13.2. The second-order valence-corrected chi connectivity index (χ2v) is 6.01. The number of hydrogen-bond donors (Lipinski definition) is 1. The van der Waals surface area contributed by atoms with Gasteiger partial charge in [-0.2, -0.15) is 10.1 Å². The predicted octanol–water partition coefficient (Wildman–Crippen LogP) is 3.11. The van der Waals surface area contributed by atoms with Gasteiger partial charge in [0.2, 0.25) is 5.95 Å². The molecule has 0 fully saturated rings. The number of nitrogens with zero attached hydrogens (tertiary/aromatic N) is 4. The van der Waals surface area contributed by atoms with Gasteiger partial charge in [0.1, 0.15) is 0 Å². The number of anilines is 2. The van der Waals surface area contributed by atoms with E-state index in [4.69, 9.17) is 0 Å². The fraction of sp³-hybridized carbons (Fsp3) is 0.438. The number of hydrogen-bond acceptors (Lipinski definition) is 5. The van der Waals surface area contributed by atoms with Gasteiger partial charge >= 0.3 is 0 Å². The molecule has 0 aliphatic rings. The first kappa shape index (κ1) is 15.2. The Kier molecular flexibility index (Phi) is 4.73. The van der Waals surface area contributed by atoms with Crippen molar-refractivity contribution in [3.05, 3.63) is 42.1 Å². The van der Waals surface area contributed by atoms with Crippen molar-refractivity contribution in [3.63, 3.8) is 0 Å². The maximum atomic E-state index is 4.57. The summed E-state index contributed by atoms with van der Waals surface area (Å²) in [6, 6.07) is 10.4. The lowest BCUT2D eigenvalue weighted by Gasteiger charge is -2.24. The van der Waals surface area contributed by atoms with Gasteiger partial charge in [-0.3, -0.25) is 0 Å². The molecule has 0 aliphatic carbocycles. The van der Waals surface area contributed by atoms with E-state index in [2.05, 4.69) is 65.2 Å². The van der Waals surface area contributed by atoms with Crippen LogP contribution in [-0.4, -0.2) is 27.3 Å². The summed E-state index contributed by atoms with van der Waals surface area (Å²) < 4.78 is 0. The van der Waals surface area contributed by atoms with Crippen LogP contribution in [-0.2, 0) is 6.54 Å². The van der Waals surface area contributed by atoms with E-state index >= 15 is 0 Å². The molecule has 112 valence electrons. The topological polar surface area (TPSA) is 53.9 Å². The van der Waals surface area contributed by atoms with Gasteiger partial charge in [-0.1, -0.05) is 30.3 Å². The Balaban J connectivity index is 2.16. The summed E-state index contributed by atoms with van der Waals surface area (Å²) in [4.78, 5) is 6.75. The third kappa shape index (κ3) is 4.70. The number of aromatic nitrogens is 3. The van der Waals surface area contributed by atoms with Gasteiger partial charge in [0.05, 0.1) is 6.20 Å². The molecule has 5 heteroatoms. The van der Waals surface area contributed by atoms with Crippen LogP contribution in [0.1, 0.15) is 33.3 Å². The first-order valence-electron chi connectivity index (χ1n) is 7.25. The van der Waals surface area contributed by atoms with Crippen LogP contribution in [0.4, 0.5) is 11.8 Å². The molecular formula is C16H23N5. The lowest BCUT2D eigenvalue weighted by Crippen LogP contribution is -2.29. The molecule has 1 aromatic heterocycles. The van der Waals surface area contributed by atoms with E-state index in [0.717, 1.165) is 18.9 Å². The van der Waals surface area contributed by atoms with Gasteiger partial charge in [0.15, 0.2) is 5.82 Å². The molecule has 1 N–H and O–H groups in total. The highest BCUT2D eigenvalue weighted by Crippen LogP contribution is 2.16. The molecule has 0 spiro atoms. The van der Waals surface area contributed by atoms with E-state index in [9.17, 15) is 0 Å². The summed E-state index contributed by atoms with van der Waals surface area (Å²) in [5.74, 6) is 1.40. The molecule has 0 saturated heterocycles. The van der Waals surface area contributed by atoms with E-state index in [-0.39, 0.29) is 5.54 Å². The Bertz CT molecular complexity index is 562. The molecule has 2 aromatic rings. The molecule has 0 radical (unpaired) electrons. The van der Waals surface area contributed by atoms with Crippen molar-refractivity contribution in [3.8, 4) is 0 Å². The van der Waals surface area contributed by atoms with Crippen LogP contribution in [0.2, 0.25) is 0 Å². The Labute approximate surface area is 126 Å². The Hall–Kier alpha value is -2.17. The Morgan fingerprint density at radius 2 is 1.86 bits per heavy atom. The summed E-state index contributed by atoms with van der Waals surface area (Å²) in [7, 11) is 0. The standard InChI is InChI=1S/C16H23N5/c1-5-21(12-13-9-7-6-8-10-13)14-11-17-20-15(18-14)19-16(2,3)4/h6-11H,5,12H2,1-4H3,(H,18,19,20). The van der Waals surface area contributed by atoms with Crippen molar-refractivity contribution in [1.29, 1.82) is 0 Å². The lowest BCUT2D eigenvalue weighted by molar-refractivity contribution is 0.622. The third-order valence-corrected chi connectivity index (χ3v) is 2.95. The highest BCUT2D eigenvalue weighted by atomic mass is 15.3. The second kappa shape index (κ2) is 6.52. The molecule has 0 bridgehead atoms. The molecule has 1 aromatic carbocycles. The summed E-state index contributed by atoms with van der Waals surface area (Å²) in [5, 5.41) is 11.4. The number of rotatable bonds is 5. The molecular weight excluding hydrogens is 262 g/mol. The molecule has 5 nitrogen and oxygen atoms in total. The van der Waals surface area contributed by atoms with E-state index in [1.807, 2.05) is 18.2 Å². The van der Waals surface area contributed by atoms with E-state index < -0.39 is 0 Å². The number of benzene rings is 1. The van der Waals surface area contributed by atoms with Crippen molar-refractivity contribution < 1.29 is 0 Å². The molecule has 0 unspecified atom stereocenters. The Morgan fingerprint density at radius 1 is 1.14 bits per heavy atom. The molecule has 2 rings (SSSR count). The largest absolute Gasteiger partial charge is 0.351 e. The van der Waals surface area contributed by atoms with E-state index in [1.54, 1.807) is 6.20 Å². The van der Waals surface area contributed by atoms with Crippen molar-refractivity contribution >= 4 is 11.8 Å². The van der Waals surface area contributed by atoms with Gasteiger partial charge in [-0.15, -0.1) is 5.10 Å². The average molecular weight is 285 g/mol. The first-order chi connectivity index (χ1) is 9.98. The first-order valence-corrected chi connectivity index (χ1v) is 7.25. The van der Waals surface area contributed by atoms with Gasteiger partial charge in [-0.05, 0) is 33.3 Å². The quantitative estimate of drug-likeness (QED) is 0.914. The second-order valence-electron chi connectivity index (χ2n) is 6.01. The molecule has 21 heavy (non-hydrogen) atoms. The monoisotopic (exact) mass is 285 g/mol. The van der Waals surface area contributed by atoms with Crippen molar-refractivity contribution in [2.45, 2.75) is 39.8 Å². The van der Waals surface area contributed by atoms with Gasteiger partial charge in [0.25, 0.3) is 0 Å². The van der Waals surface area contributed by atoms with Gasteiger partial charge < -0.3 is 10.2 Å². The van der Waals surface area contributed by atoms with Crippen LogP contribution >= 0.6 is 0 Å². The van der Waals surface area contributed by atoms with Crippen LogP contribution < -0.4 is 10.2 Å². The maximum Gasteiger partial charge on any atom is 0.245 e. The summed E-state index contributed by atoms with van der Waals surface area (Å²) >= 11 is 0. The van der Waals surface area contributed by atoms with Crippen LogP contribution in [0.5, 0.6) is 0 Å². The molecule has 1 heterocycles. The molecule has 0 atom stereocenters. The molecule has 0 saturated carbocycles. The highest BCUT2D eigenvalue weighted by Gasteiger charge is 2.14.